The lowest BCUT2D eigenvalue weighted by Crippen LogP contribution is -2.10. The topological polar surface area (TPSA) is 149 Å². The Labute approximate surface area is 669 Å². The standard InChI is InChI=1S/C29H20N4.C28H19N5.C23H18N2.C22H17N3/c1-19-30-28(32-24-14-6-2-10-20(24)21-11-3-7-15-25(21)32)18-29(31-19)33-26-16-8-4-12-22(26)23-13-5-9-17-27(23)33;1-18-29-27(32-23-14-6-2-10-19(23)20-11-3-7-15-24(20)32)31-28(30-18)33-25-16-8-4-12-21(25)22-13-5-9-17-26(22)33;1-17-9-8-14-20(15-17)23-24-21(18-10-4-2-5-11-18)16-22(25-23)19-12-6-3-7-13-19;1-16-9-8-14-19(15-16)22-24-20(17-10-4-2-5-11-17)23-21(25-22)18-12-6-3-7-13-18/h2-18H,1H3;2-17H,1H3;2-16H,1H3;2-15H,1H3. The molecule has 116 heavy (non-hydrogen) atoms. The molecule has 0 atom stereocenters. The highest BCUT2D eigenvalue weighted by molar-refractivity contribution is 6.12. The van der Waals surface area contributed by atoms with E-state index in [1.807, 2.05) is 129 Å². The number of hydrogen-bond acceptors (Lipinski definition) is 10. The minimum absolute atomic E-state index is 0.622. The van der Waals surface area contributed by atoms with Crippen LogP contribution in [0.1, 0.15) is 22.8 Å². The van der Waals surface area contributed by atoms with Crippen LogP contribution in [-0.2, 0) is 0 Å². The van der Waals surface area contributed by atoms with Gasteiger partial charge in [0.25, 0.3) is 0 Å². The van der Waals surface area contributed by atoms with E-state index in [1.165, 1.54) is 54.2 Å². The maximum atomic E-state index is 5.02. The third-order valence-electron chi connectivity index (χ3n) is 20.8. The Kier molecular flexibility index (Phi) is 18.9. The first kappa shape index (κ1) is 70.8. The second-order valence-electron chi connectivity index (χ2n) is 28.6. The lowest BCUT2D eigenvalue weighted by Gasteiger charge is -2.12. The lowest BCUT2D eigenvalue weighted by atomic mass is 10.1. The van der Waals surface area contributed by atoms with Crippen LogP contribution in [0.3, 0.4) is 0 Å². The highest BCUT2D eigenvalue weighted by Gasteiger charge is 2.22. The van der Waals surface area contributed by atoms with Gasteiger partial charge in [-0.1, -0.05) is 314 Å². The van der Waals surface area contributed by atoms with Crippen LogP contribution in [0, 0.1) is 27.7 Å². The van der Waals surface area contributed by atoms with E-state index in [9.17, 15) is 0 Å². The van der Waals surface area contributed by atoms with Crippen LogP contribution in [0.5, 0.6) is 0 Å². The second kappa shape index (κ2) is 31.0. The molecule has 0 aliphatic heterocycles. The van der Waals surface area contributed by atoms with Crippen LogP contribution in [0.15, 0.2) is 376 Å². The van der Waals surface area contributed by atoms with Crippen molar-refractivity contribution in [3.05, 3.63) is 399 Å². The highest BCUT2D eigenvalue weighted by Crippen LogP contribution is 2.38. The number of nitrogens with zero attached hydrogens (tertiary/aromatic N) is 14. The minimum Gasteiger partial charge on any atom is -0.294 e. The first-order valence-electron chi connectivity index (χ1n) is 38.7. The predicted octanol–water partition coefficient (Wildman–Crippen LogP) is 24.3. The van der Waals surface area contributed by atoms with Gasteiger partial charge in [-0.3, -0.25) is 18.3 Å². The summed E-state index contributed by atoms with van der Waals surface area (Å²) in [6, 6.07) is 129. The van der Waals surface area contributed by atoms with E-state index in [0.29, 0.717) is 35.2 Å². The molecule has 0 amide bonds. The van der Waals surface area contributed by atoms with Crippen molar-refractivity contribution in [1.82, 2.24) is 68.1 Å². The molecule has 552 valence electrons. The Bertz CT molecular complexity index is 6360. The van der Waals surface area contributed by atoms with E-state index < -0.39 is 0 Å². The second-order valence-corrected chi connectivity index (χ2v) is 28.6. The van der Waals surface area contributed by atoms with Gasteiger partial charge < -0.3 is 0 Å². The molecule has 22 rings (SSSR count). The molecule has 0 aliphatic rings. The van der Waals surface area contributed by atoms with E-state index in [4.69, 9.17) is 49.8 Å². The normalized spacial score (nSPS) is 11.3. The lowest BCUT2D eigenvalue weighted by molar-refractivity contribution is 0.855. The van der Waals surface area contributed by atoms with Gasteiger partial charge in [0.15, 0.2) is 23.3 Å². The van der Waals surface area contributed by atoms with E-state index in [1.54, 1.807) is 0 Å². The summed E-state index contributed by atoms with van der Waals surface area (Å²) in [5.74, 6) is 7.23. The average Bonchev–Trinajstić information content (AvgIpc) is 1.59. The molecule has 0 N–H and O–H groups in total. The zero-order valence-electron chi connectivity index (χ0n) is 64.1. The van der Waals surface area contributed by atoms with E-state index >= 15 is 0 Å². The summed E-state index contributed by atoms with van der Waals surface area (Å²) in [4.78, 5) is 48.1. The monoisotopic (exact) mass is 1490 g/mol. The SMILES string of the molecule is Cc1cccc(-c2nc(-c3ccccc3)cc(-c3ccccc3)n2)c1.Cc1cccc(-c2nc(-c3ccccc3)nc(-c3ccccc3)n2)c1.Cc1nc(-n2c3ccccc3c3ccccc32)cc(-n2c3ccccc3c3ccccc32)n1.Cc1nc(-n2c3ccccc3c3ccccc32)nc(-n2c3ccccc3c3ccccc32)n1. The van der Waals surface area contributed by atoms with Gasteiger partial charge in [-0.05, 0) is 94.4 Å². The van der Waals surface area contributed by atoms with Gasteiger partial charge in [0, 0.05) is 82.5 Å². The van der Waals surface area contributed by atoms with Crippen LogP contribution in [0.2, 0.25) is 0 Å². The van der Waals surface area contributed by atoms with Gasteiger partial charge in [-0.2, -0.15) is 15.0 Å². The van der Waals surface area contributed by atoms with Crippen molar-refractivity contribution in [3.63, 3.8) is 0 Å². The Hall–Kier alpha value is -15.5. The molecule has 14 aromatic carbocycles. The predicted molar refractivity (Wildman–Crippen MR) is 473 cm³/mol. The smallest absolute Gasteiger partial charge is 0.239 e. The van der Waals surface area contributed by atoms with Crippen molar-refractivity contribution in [2.75, 3.05) is 0 Å². The molecule has 0 unspecified atom stereocenters. The fourth-order valence-corrected chi connectivity index (χ4v) is 15.6. The highest BCUT2D eigenvalue weighted by atomic mass is 15.3. The van der Waals surface area contributed by atoms with Crippen LogP contribution in [0.4, 0.5) is 0 Å². The Morgan fingerprint density at radius 1 is 0.172 bits per heavy atom. The Balaban J connectivity index is 0.000000104. The molecule has 0 aliphatic carbocycles. The molecule has 22 aromatic rings. The van der Waals surface area contributed by atoms with Gasteiger partial charge in [-0.15, -0.1) is 0 Å². The number of aromatic nitrogens is 14. The molecule has 0 bridgehead atoms. The van der Waals surface area contributed by atoms with Crippen molar-refractivity contribution < 1.29 is 0 Å². The third kappa shape index (κ3) is 13.8. The number of rotatable bonds is 10. The Morgan fingerprint density at radius 3 is 0.716 bits per heavy atom. The quantitative estimate of drug-likeness (QED) is 0.130. The van der Waals surface area contributed by atoms with Crippen molar-refractivity contribution >= 4 is 87.2 Å². The largest absolute Gasteiger partial charge is 0.294 e. The summed E-state index contributed by atoms with van der Waals surface area (Å²) in [5.41, 5.74) is 19.3. The average molecular weight is 1500 g/mol. The summed E-state index contributed by atoms with van der Waals surface area (Å²) in [6.45, 7) is 8.05. The van der Waals surface area contributed by atoms with Crippen molar-refractivity contribution in [2.24, 2.45) is 0 Å². The number of hydrogen-bond donors (Lipinski definition) is 0. The number of benzene rings is 14. The van der Waals surface area contributed by atoms with Crippen LogP contribution >= 0.6 is 0 Å². The zero-order chi connectivity index (χ0) is 78.0. The first-order valence-corrected chi connectivity index (χ1v) is 38.7. The molecule has 0 saturated carbocycles. The van der Waals surface area contributed by atoms with Crippen LogP contribution < -0.4 is 0 Å². The first-order chi connectivity index (χ1) is 57.2. The summed E-state index contributed by atoms with van der Waals surface area (Å²) >= 11 is 0. The summed E-state index contributed by atoms with van der Waals surface area (Å²) < 4.78 is 8.76. The molecule has 0 spiro atoms. The third-order valence-corrected chi connectivity index (χ3v) is 20.8. The fraction of sp³-hybridized carbons (Fsp3) is 0.0392. The molecular formula is C102H74N14. The van der Waals surface area contributed by atoms with Gasteiger partial charge in [0.1, 0.15) is 23.3 Å². The molecule has 0 radical (unpaired) electrons. The van der Waals surface area contributed by atoms with E-state index in [-0.39, 0.29) is 0 Å². The summed E-state index contributed by atoms with van der Waals surface area (Å²) in [7, 11) is 0. The van der Waals surface area contributed by atoms with Crippen molar-refractivity contribution in [3.8, 4) is 91.6 Å². The molecule has 0 saturated heterocycles. The van der Waals surface area contributed by atoms with Gasteiger partial charge in [-0.25, -0.2) is 34.9 Å². The molecule has 0 fully saturated rings. The molecule has 8 aromatic heterocycles. The zero-order valence-corrected chi connectivity index (χ0v) is 64.1. The molecule has 14 heteroatoms. The number of aryl methyl sites for hydroxylation is 4. The van der Waals surface area contributed by atoms with Gasteiger partial charge >= 0.3 is 0 Å². The fourth-order valence-electron chi connectivity index (χ4n) is 15.6. The maximum absolute atomic E-state index is 5.02. The number of para-hydroxylation sites is 8. The maximum Gasteiger partial charge on any atom is 0.239 e. The molecule has 14 nitrogen and oxygen atoms in total. The molecule has 8 heterocycles. The van der Waals surface area contributed by atoms with Crippen LogP contribution in [0.25, 0.3) is 179 Å². The van der Waals surface area contributed by atoms with Gasteiger partial charge in [0.2, 0.25) is 11.9 Å². The van der Waals surface area contributed by atoms with Crippen LogP contribution in [-0.4, -0.2) is 68.1 Å². The van der Waals surface area contributed by atoms with E-state index in [0.717, 1.165) is 112 Å². The number of fused-ring (bicyclic) bond motifs is 12. The molecular weight excluding hydrogens is 1420 g/mol. The summed E-state index contributed by atoms with van der Waals surface area (Å²) in [5, 5.41) is 9.64. The van der Waals surface area contributed by atoms with E-state index in [2.05, 4.69) is 293 Å². The van der Waals surface area contributed by atoms with Gasteiger partial charge in [0.05, 0.1) is 55.5 Å². The minimum atomic E-state index is 0.622. The Morgan fingerprint density at radius 2 is 0.414 bits per heavy atom. The van der Waals surface area contributed by atoms with Crippen molar-refractivity contribution in [2.45, 2.75) is 27.7 Å². The summed E-state index contributed by atoms with van der Waals surface area (Å²) in [6.07, 6.45) is 0. The van der Waals surface area contributed by atoms with Crippen molar-refractivity contribution in [1.29, 1.82) is 0 Å².